The van der Waals surface area contributed by atoms with Crippen molar-refractivity contribution in [2.75, 3.05) is 23.0 Å². The average molecular weight is 439 g/mol. The van der Waals surface area contributed by atoms with Gasteiger partial charge in [0.25, 0.3) is 0 Å². The van der Waals surface area contributed by atoms with Crippen molar-refractivity contribution >= 4 is 44.9 Å². The summed E-state index contributed by atoms with van der Waals surface area (Å²) < 4.78 is 30.6. The van der Waals surface area contributed by atoms with E-state index in [1.54, 1.807) is 18.2 Å². The fourth-order valence-corrected chi connectivity index (χ4v) is 4.15. The highest BCUT2D eigenvalue weighted by molar-refractivity contribution is 7.92. The Kier molecular flexibility index (Phi) is 6.92. The SMILES string of the molecule is COC(=O)c1cc(NC(=O)C(C)N(c2ccc(C)c(C)c2)S(C)(=O)=O)ccc1Cl. The van der Waals surface area contributed by atoms with Gasteiger partial charge in [-0.05, 0) is 62.2 Å². The van der Waals surface area contributed by atoms with Crippen LogP contribution >= 0.6 is 11.6 Å². The molecule has 0 heterocycles. The number of hydrogen-bond acceptors (Lipinski definition) is 5. The lowest BCUT2D eigenvalue weighted by Gasteiger charge is -2.28. The summed E-state index contributed by atoms with van der Waals surface area (Å²) in [4.78, 5) is 24.6. The van der Waals surface area contributed by atoms with E-state index in [9.17, 15) is 18.0 Å². The van der Waals surface area contributed by atoms with Crippen LogP contribution in [0.15, 0.2) is 36.4 Å². The standard InChI is InChI=1S/C20H23ClN2O5S/c1-12-6-8-16(10-13(12)2)23(29(5,26)27)14(3)19(24)22-15-7-9-18(21)17(11-15)20(25)28-4/h6-11,14H,1-5H3,(H,22,24). The molecule has 2 aromatic carbocycles. The van der Waals surface area contributed by atoms with E-state index in [2.05, 4.69) is 10.1 Å². The monoisotopic (exact) mass is 438 g/mol. The molecule has 2 rings (SSSR count). The summed E-state index contributed by atoms with van der Waals surface area (Å²) in [5.74, 6) is -1.21. The zero-order valence-corrected chi connectivity index (χ0v) is 18.4. The third kappa shape index (κ3) is 5.27. The minimum Gasteiger partial charge on any atom is -0.465 e. The van der Waals surface area contributed by atoms with Crippen LogP contribution in [0.5, 0.6) is 0 Å². The molecule has 0 aliphatic heterocycles. The minimum atomic E-state index is -3.74. The fraction of sp³-hybridized carbons (Fsp3) is 0.300. The smallest absolute Gasteiger partial charge is 0.339 e. The average Bonchev–Trinajstić information content (AvgIpc) is 2.64. The quantitative estimate of drug-likeness (QED) is 0.696. The number of sulfonamides is 1. The number of nitrogens with one attached hydrogen (secondary N) is 1. The number of amides is 1. The minimum absolute atomic E-state index is 0.0914. The van der Waals surface area contributed by atoms with Crippen LogP contribution in [0.3, 0.4) is 0 Å². The van der Waals surface area contributed by atoms with E-state index in [0.29, 0.717) is 11.4 Å². The lowest BCUT2D eigenvalue weighted by molar-refractivity contribution is -0.116. The lowest BCUT2D eigenvalue weighted by atomic mass is 10.1. The predicted molar refractivity (Wildman–Crippen MR) is 114 cm³/mol. The number of nitrogens with zero attached hydrogens (tertiary/aromatic N) is 1. The molecular formula is C20H23ClN2O5S. The maximum atomic E-state index is 12.8. The molecule has 7 nitrogen and oxygen atoms in total. The van der Waals surface area contributed by atoms with Gasteiger partial charge in [0.05, 0.1) is 29.6 Å². The Morgan fingerprint density at radius 1 is 1.10 bits per heavy atom. The first-order valence-corrected chi connectivity index (χ1v) is 10.9. The van der Waals surface area contributed by atoms with Gasteiger partial charge in [0, 0.05) is 5.69 Å². The molecule has 29 heavy (non-hydrogen) atoms. The highest BCUT2D eigenvalue weighted by Gasteiger charge is 2.29. The van der Waals surface area contributed by atoms with Crippen LogP contribution in [0.2, 0.25) is 5.02 Å². The van der Waals surface area contributed by atoms with Crippen molar-refractivity contribution in [2.24, 2.45) is 0 Å². The Morgan fingerprint density at radius 3 is 2.31 bits per heavy atom. The molecule has 0 spiro atoms. The van der Waals surface area contributed by atoms with Gasteiger partial charge in [-0.1, -0.05) is 17.7 Å². The molecule has 0 saturated carbocycles. The summed E-state index contributed by atoms with van der Waals surface area (Å²) in [6.07, 6.45) is 1.05. The molecular weight excluding hydrogens is 416 g/mol. The second-order valence-corrected chi connectivity index (χ2v) is 8.95. The Bertz CT molecular complexity index is 1050. The molecule has 1 unspecified atom stereocenters. The molecule has 0 radical (unpaired) electrons. The first-order valence-electron chi connectivity index (χ1n) is 8.71. The van der Waals surface area contributed by atoms with Crippen molar-refractivity contribution in [2.45, 2.75) is 26.8 Å². The van der Waals surface area contributed by atoms with Gasteiger partial charge in [-0.15, -0.1) is 0 Å². The van der Waals surface area contributed by atoms with E-state index in [0.717, 1.165) is 21.7 Å². The number of anilines is 2. The number of halogens is 1. The third-order valence-electron chi connectivity index (χ3n) is 4.47. The number of esters is 1. The van der Waals surface area contributed by atoms with E-state index in [1.807, 2.05) is 13.8 Å². The van der Waals surface area contributed by atoms with E-state index in [4.69, 9.17) is 11.6 Å². The second-order valence-electron chi connectivity index (χ2n) is 6.68. The molecule has 156 valence electrons. The van der Waals surface area contributed by atoms with Gasteiger partial charge in [-0.3, -0.25) is 9.10 Å². The predicted octanol–water partition coefficient (Wildman–Crippen LogP) is 3.54. The molecule has 0 aliphatic rings. The van der Waals surface area contributed by atoms with Gasteiger partial charge in [-0.25, -0.2) is 13.2 Å². The van der Waals surface area contributed by atoms with Gasteiger partial charge in [0.15, 0.2) is 0 Å². The zero-order chi connectivity index (χ0) is 21.9. The van der Waals surface area contributed by atoms with Crippen molar-refractivity contribution < 1.29 is 22.7 Å². The van der Waals surface area contributed by atoms with E-state index in [1.165, 1.54) is 32.2 Å². The first kappa shape index (κ1) is 22.7. The molecule has 0 aliphatic carbocycles. The van der Waals surface area contributed by atoms with Crippen molar-refractivity contribution in [3.05, 3.63) is 58.1 Å². The Labute approximate surface area is 175 Å². The van der Waals surface area contributed by atoms with Crippen molar-refractivity contribution in [3.8, 4) is 0 Å². The maximum absolute atomic E-state index is 12.8. The number of benzene rings is 2. The van der Waals surface area contributed by atoms with Crippen LogP contribution in [0, 0.1) is 13.8 Å². The summed E-state index contributed by atoms with van der Waals surface area (Å²) in [6.45, 7) is 5.27. The van der Waals surface area contributed by atoms with Crippen molar-refractivity contribution in [1.29, 1.82) is 0 Å². The normalized spacial score (nSPS) is 12.2. The summed E-state index contributed by atoms with van der Waals surface area (Å²) in [5, 5.41) is 2.80. The summed E-state index contributed by atoms with van der Waals surface area (Å²) >= 11 is 5.99. The largest absolute Gasteiger partial charge is 0.465 e. The number of carbonyl (C=O) groups is 2. The van der Waals surface area contributed by atoms with Gasteiger partial charge < -0.3 is 10.1 Å². The molecule has 1 N–H and O–H groups in total. The van der Waals surface area contributed by atoms with Crippen molar-refractivity contribution in [1.82, 2.24) is 0 Å². The van der Waals surface area contributed by atoms with Crippen molar-refractivity contribution in [3.63, 3.8) is 0 Å². The molecule has 1 atom stereocenters. The lowest BCUT2D eigenvalue weighted by Crippen LogP contribution is -2.45. The van der Waals surface area contributed by atoms with Gasteiger partial charge in [0.1, 0.15) is 6.04 Å². The Morgan fingerprint density at radius 2 is 1.76 bits per heavy atom. The van der Waals surface area contributed by atoms with Gasteiger partial charge >= 0.3 is 5.97 Å². The number of ether oxygens (including phenoxy) is 1. The van der Waals surface area contributed by atoms with Crippen LogP contribution in [0.1, 0.15) is 28.4 Å². The van der Waals surface area contributed by atoms with Gasteiger partial charge in [-0.2, -0.15) is 0 Å². The molecule has 1 amide bonds. The van der Waals surface area contributed by atoms with Crippen LogP contribution < -0.4 is 9.62 Å². The number of aryl methyl sites for hydroxylation is 2. The first-order chi connectivity index (χ1) is 13.5. The Balaban J connectivity index is 2.35. The van der Waals surface area contributed by atoms with Crippen LogP contribution in [0.4, 0.5) is 11.4 Å². The van der Waals surface area contributed by atoms with Gasteiger partial charge in [0.2, 0.25) is 15.9 Å². The number of rotatable bonds is 6. The molecule has 0 aromatic heterocycles. The highest BCUT2D eigenvalue weighted by Crippen LogP contribution is 2.25. The van der Waals surface area contributed by atoms with E-state index < -0.39 is 27.9 Å². The number of methoxy groups -OCH3 is 1. The van der Waals surface area contributed by atoms with Crippen LogP contribution in [-0.4, -0.2) is 39.7 Å². The second kappa shape index (κ2) is 8.84. The topological polar surface area (TPSA) is 92.8 Å². The van der Waals surface area contributed by atoms with E-state index >= 15 is 0 Å². The number of hydrogen-bond donors (Lipinski definition) is 1. The fourth-order valence-electron chi connectivity index (χ4n) is 2.79. The van der Waals surface area contributed by atoms with Crippen LogP contribution in [0.25, 0.3) is 0 Å². The number of carbonyl (C=O) groups excluding carboxylic acids is 2. The van der Waals surface area contributed by atoms with Crippen LogP contribution in [-0.2, 0) is 19.6 Å². The molecule has 2 aromatic rings. The van der Waals surface area contributed by atoms with E-state index in [-0.39, 0.29) is 10.6 Å². The zero-order valence-electron chi connectivity index (χ0n) is 16.8. The molecule has 0 saturated heterocycles. The summed E-state index contributed by atoms with van der Waals surface area (Å²) in [6, 6.07) is 8.48. The molecule has 9 heteroatoms. The molecule has 0 fully saturated rings. The Hall–Kier alpha value is -2.58. The highest BCUT2D eigenvalue weighted by atomic mass is 35.5. The molecule has 0 bridgehead atoms. The summed E-state index contributed by atoms with van der Waals surface area (Å²) in [5.41, 5.74) is 2.69. The third-order valence-corrected chi connectivity index (χ3v) is 6.04. The maximum Gasteiger partial charge on any atom is 0.339 e. The summed E-state index contributed by atoms with van der Waals surface area (Å²) in [7, 11) is -2.52.